The van der Waals surface area contributed by atoms with Crippen LogP contribution in [0.2, 0.25) is 5.02 Å². The lowest BCUT2D eigenvalue weighted by Crippen LogP contribution is -2.52. The van der Waals surface area contributed by atoms with Crippen molar-refractivity contribution in [3.63, 3.8) is 0 Å². The van der Waals surface area contributed by atoms with Gasteiger partial charge in [0.2, 0.25) is 11.8 Å². The third kappa shape index (κ3) is 7.09. The van der Waals surface area contributed by atoms with E-state index in [1.807, 2.05) is 57.2 Å². The smallest absolute Gasteiger partial charge is 0.242 e. The zero-order valence-corrected chi connectivity index (χ0v) is 18.4. The molecule has 0 saturated carbocycles. The molecular weight excluding hydrogens is 388 g/mol. The van der Waals surface area contributed by atoms with Crippen molar-refractivity contribution in [2.45, 2.75) is 52.2 Å². The maximum Gasteiger partial charge on any atom is 0.242 e. The monoisotopic (exact) mass is 416 g/mol. The van der Waals surface area contributed by atoms with Crippen molar-refractivity contribution in [3.8, 4) is 5.75 Å². The van der Waals surface area contributed by atoms with Crippen LogP contribution in [0.5, 0.6) is 5.75 Å². The molecule has 0 unspecified atom stereocenters. The van der Waals surface area contributed by atoms with Crippen LogP contribution < -0.4 is 10.1 Å². The maximum absolute atomic E-state index is 13.1. The minimum atomic E-state index is -0.622. The fourth-order valence-electron chi connectivity index (χ4n) is 2.91. The number of carbonyl (C=O) groups is 2. The number of hydrogen-bond acceptors (Lipinski definition) is 3. The minimum Gasteiger partial charge on any atom is -0.497 e. The van der Waals surface area contributed by atoms with Crippen molar-refractivity contribution in [1.29, 1.82) is 0 Å². The molecule has 0 spiro atoms. The van der Waals surface area contributed by atoms with Gasteiger partial charge in [0.05, 0.1) is 13.5 Å². The van der Waals surface area contributed by atoms with E-state index < -0.39 is 6.04 Å². The molecule has 156 valence electrons. The summed E-state index contributed by atoms with van der Waals surface area (Å²) in [4.78, 5) is 27.5. The number of ether oxygens (including phenoxy) is 1. The van der Waals surface area contributed by atoms with Gasteiger partial charge in [0.1, 0.15) is 11.8 Å². The first-order valence-electron chi connectivity index (χ1n) is 9.58. The molecule has 29 heavy (non-hydrogen) atoms. The SMILES string of the molecule is COc1ccc(CN(C(=O)Cc2cccc(Cl)c2)[C@H](C)C(=O)NC(C)(C)C)cc1. The molecule has 0 radical (unpaired) electrons. The van der Waals surface area contributed by atoms with Crippen molar-refractivity contribution in [2.24, 2.45) is 0 Å². The van der Waals surface area contributed by atoms with Crippen molar-refractivity contribution >= 4 is 23.4 Å². The molecule has 2 aromatic carbocycles. The molecule has 5 nitrogen and oxygen atoms in total. The van der Waals surface area contributed by atoms with E-state index in [-0.39, 0.29) is 23.8 Å². The Labute approximate surface area is 178 Å². The van der Waals surface area contributed by atoms with Gasteiger partial charge in [-0.2, -0.15) is 0 Å². The van der Waals surface area contributed by atoms with Gasteiger partial charge < -0.3 is 15.0 Å². The summed E-state index contributed by atoms with van der Waals surface area (Å²) in [5.74, 6) is 0.411. The second-order valence-electron chi connectivity index (χ2n) is 8.09. The van der Waals surface area contributed by atoms with E-state index in [2.05, 4.69) is 5.32 Å². The van der Waals surface area contributed by atoms with Gasteiger partial charge in [-0.05, 0) is 63.1 Å². The van der Waals surface area contributed by atoms with Gasteiger partial charge in [0.15, 0.2) is 0 Å². The van der Waals surface area contributed by atoms with Crippen LogP contribution in [0.25, 0.3) is 0 Å². The van der Waals surface area contributed by atoms with Gasteiger partial charge >= 0.3 is 0 Å². The van der Waals surface area contributed by atoms with Crippen molar-refractivity contribution in [1.82, 2.24) is 10.2 Å². The third-order valence-electron chi connectivity index (χ3n) is 4.42. The van der Waals surface area contributed by atoms with Crippen LogP contribution in [0.4, 0.5) is 0 Å². The van der Waals surface area contributed by atoms with E-state index >= 15 is 0 Å². The molecule has 0 aliphatic carbocycles. The highest BCUT2D eigenvalue weighted by Crippen LogP contribution is 2.18. The van der Waals surface area contributed by atoms with E-state index in [0.717, 1.165) is 16.9 Å². The number of halogens is 1. The van der Waals surface area contributed by atoms with Crippen molar-refractivity contribution in [3.05, 3.63) is 64.7 Å². The number of benzene rings is 2. The number of nitrogens with one attached hydrogen (secondary N) is 1. The Hall–Kier alpha value is -2.53. The molecule has 0 heterocycles. The molecule has 0 fully saturated rings. The lowest BCUT2D eigenvalue weighted by atomic mass is 10.1. The molecule has 2 rings (SSSR count). The van der Waals surface area contributed by atoms with E-state index in [1.165, 1.54) is 0 Å². The van der Waals surface area contributed by atoms with Crippen molar-refractivity contribution < 1.29 is 14.3 Å². The average Bonchev–Trinajstić information content (AvgIpc) is 2.64. The Morgan fingerprint density at radius 1 is 1.10 bits per heavy atom. The molecule has 0 bridgehead atoms. The Balaban J connectivity index is 2.25. The second kappa shape index (κ2) is 9.79. The Morgan fingerprint density at radius 2 is 1.76 bits per heavy atom. The fourth-order valence-corrected chi connectivity index (χ4v) is 3.12. The van der Waals surface area contributed by atoms with Crippen LogP contribution in [-0.4, -0.2) is 35.4 Å². The number of hydrogen-bond donors (Lipinski definition) is 1. The van der Waals surface area contributed by atoms with Crippen LogP contribution in [0.15, 0.2) is 48.5 Å². The van der Waals surface area contributed by atoms with E-state index in [0.29, 0.717) is 11.6 Å². The summed E-state index contributed by atoms with van der Waals surface area (Å²) in [5.41, 5.74) is 1.35. The summed E-state index contributed by atoms with van der Waals surface area (Å²) in [6.07, 6.45) is 0.170. The predicted molar refractivity (Wildman–Crippen MR) is 116 cm³/mol. The van der Waals surface area contributed by atoms with Gasteiger partial charge in [0.25, 0.3) is 0 Å². The lowest BCUT2D eigenvalue weighted by Gasteiger charge is -2.31. The molecule has 0 aliphatic rings. The zero-order valence-electron chi connectivity index (χ0n) is 17.7. The van der Waals surface area contributed by atoms with Gasteiger partial charge in [-0.15, -0.1) is 0 Å². The predicted octanol–water partition coefficient (Wildman–Crippen LogP) is 4.22. The highest BCUT2D eigenvalue weighted by Gasteiger charge is 2.28. The average molecular weight is 417 g/mol. The topological polar surface area (TPSA) is 58.6 Å². The number of rotatable bonds is 7. The zero-order chi connectivity index (χ0) is 21.6. The summed E-state index contributed by atoms with van der Waals surface area (Å²) < 4.78 is 5.20. The van der Waals surface area contributed by atoms with Crippen LogP contribution in [0.1, 0.15) is 38.8 Å². The van der Waals surface area contributed by atoms with Crippen LogP contribution in [0.3, 0.4) is 0 Å². The number of carbonyl (C=O) groups excluding carboxylic acids is 2. The molecule has 0 saturated heterocycles. The Morgan fingerprint density at radius 3 is 2.31 bits per heavy atom. The molecule has 1 N–H and O–H groups in total. The van der Waals surface area contributed by atoms with E-state index in [1.54, 1.807) is 31.1 Å². The third-order valence-corrected chi connectivity index (χ3v) is 4.66. The van der Waals surface area contributed by atoms with E-state index in [9.17, 15) is 9.59 Å². The van der Waals surface area contributed by atoms with Crippen LogP contribution >= 0.6 is 11.6 Å². The van der Waals surface area contributed by atoms with Crippen LogP contribution in [0, 0.1) is 0 Å². The highest BCUT2D eigenvalue weighted by atomic mass is 35.5. The standard InChI is InChI=1S/C23H29ClN2O3/c1-16(22(28)25-23(2,3)4)26(15-17-9-11-20(29-5)12-10-17)21(27)14-18-7-6-8-19(24)13-18/h6-13,16H,14-15H2,1-5H3,(H,25,28)/t16-/m1/s1. The van der Waals surface area contributed by atoms with Gasteiger partial charge in [-0.1, -0.05) is 35.9 Å². The molecule has 0 aliphatic heterocycles. The second-order valence-corrected chi connectivity index (χ2v) is 8.53. The first kappa shape index (κ1) is 22.8. The molecule has 1 atom stereocenters. The van der Waals surface area contributed by atoms with E-state index in [4.69, 9.17) is 16.3 Å². The maximum atomic E-state index is 13.1. The number of nitrogens with zero attached hydrogens (tertiary/aromatic N) is 1. The van der Waals surface area contributed by atoms with Gasteiger partial charge in [0, 0.05) is 17.1 Å². The summed E-state index contributed by atoms with van der Waals surface area (Å²) in [5, 5.41) is 3.54. The molecule has 2 amide bonds. The van der Waals surface area contributed by atoms with Gasteiger partial charge in [-0.25, -0.2) is 0 Å². The number of amides is 2. The Bertz CT molecular complexity index is 844. The molecule has 6 heteroatoms. The first-order chi connectivity index (χ1) is 13.6. The summed E-state index contributed by atoms with van der Waals surface area (Å²) in [6, 6.07) is 14.1. The highest BCUT2D eigenvalue weighted by molar-refractivity contribution is 6.30. The van der Waals surface area contributed by atoms with Gasteiger partial charge in [-0.3, -0.25) is 9.59 Å². The number of methoxy groups -OCH3 is 1. The quantitative estimate of drug-likeness (QED) is 0.735. The summed E-state index contributed by atoms with van der Waals surface area (Å²) >= 11 is 6.05. The molecule has 2 aromatic rings. The normalized spacial score (nSPS) is 12.2. The first-order valence-corrected chi connectivity index (χ1v) is 9.96. The largest absolute Gasteiger partial charge is 0.497 e. The van der Waals surface area contributed by atoms with Crippen molar-refractivity contribution in [2.75, 3.05) is 7.11 Å². The Kier molecular flexibility index (Phi) is 7.68. The summed E-state index contributed by atoms with van der Waals surface area (Å²) in [6.45, 7) is 7.82. The minimum absolute atomic E-state index is 0.139. The van der Waals surface area contributed by atoms with Crippen LogP contribution in [-0.2, 0) is 22.6 Å². The molecule has 0 aromatic heterocycles. The summed E-state index contributed by atoms with van der Waals surface area (Å²) in [7, 11) is 1.61. The molecular formula is C23H29ClN2O3. The fraction of sp³-hybridized carbons (Fsp3) is 0.391. The lowest BCUT2D eigenvalue weighted by molar-refractivity contribution is -0.140.